The molecule has 2 rings (SSSR count). The van der Waals surface area contributed by atoms with Crippen molar-refractivity contribution in [1.29, 1.82) is 0 Å². The fraction of sp³-hybridized carbons (Fsp3) is 0.615. The van der Waals surface area contributed by atoms with E-state index in [4.69, 9.17) is 4.42 Å². The summed E-state index contributed by atoms with van der Waals surface area (Å²) in [6.45, 7) is 6.88. The number of amides is 1. The Morgan fingerprint density at radius 2 is 2.09 bits per heavy atom. The summed E-state index contributed by atoms with van der Waals surface area (Å²) in [7, 11) is -2.39. The number of nitrogens with one attached hydrogen (secondary N) is 2. The molecule has 1 aromatic rings. The standard InChI is InChI=1S/C13H21N3O4S.ClH/c1-8-9(2)16(6-5-15-8)13(17)11-7-12(20-10(11)3)21(18,19)14-4;/h7-9,14-15H,5-6H2,1-4H3;1H. The molecule has 22 heavy (non-hydrogen) atoms. The Bertz CT molecular complexity index is 644. The van der Waals surface area contributed by atoms with Crippen molar-refractivity contribution in [2.24, 2.45) is 0 Å². The van der Waals surface area contributed by atoms with E-state index in [2.05, 4.69) is 10.0 Å². The second kappa shape index (κ2) is 6.99. The van der Waals surface area contributed by atoms with Crippen molar-refractivity contribution in [2.75, 3.05) is 20.1 Å². The van der Waals surface area contributed by atoms with Gasteiger partial charge in [-0.3, -0.25) is 4.79 Å². The number of furan rings is 1. The lowest BCUT2D eigenvalue weighted by molar-refractivity contribution is 0.0601. The van der Waals surface area contributed by atoms with Crippen LogP contribution in [-0.4, -0.2) is 51.4 Å². The Balaban J connectivity index is 0.00000242. The van der Waals surface area contributed by atoms with Crippen molar-refractivity contribution in [3.8, 4) is 0 Å². The molecule has 2 unspecified atom stereocenters. The van der Waals surface area contributed by atoms with Gasteiger partial charge in [-0.15, -0.1) is 12.4 Å². The van der Waals surface area contributed by atoms with Gasteiger partial charge >= 0.3 is 0 Å². The van der Waals surface area contributed by atoms with E-state index >= 15 is 0 Å². The van der Waals surface area contributed by atoms with Crippen LogP contribution in [0.3, 0.4) is 0 Å². The van der Waals surface area contributed by atoms with Gasteiger partial charge in [0.2, 0.25) is 5.09 Å². The molecule has 1 fully saturated rings. The zero-order valence-corrected chi connectivity index (χ0v) is 14.7. The van der Waals surface area contributed by atoms with Crippen molar-refractivity contribution in [1.82, 2.24) is 14.9 Å². The molecule has 7 nitrogen and oxygen atoms in total. The van der Waals surface area contributed by atoms with Crippen molar-refractivity contribution in [2.45, 2.75) is 37.9 Å². The van der Waals surface area contributed by atoms with Crippen LogP contribution in [0.25, 0.3) is 0 Å². The van der Waals surface area contributed by atoms with Gasteiger partial charge in [0, 0.05) is 31.2 Å². The molecule has 0 aromatic carbocycles. The molecule has 0 spiro atoms. The second-order valence-corrected chi connectivity index (χ2v) is 7.04. The van der Waals surface area contributed by atoms with E-state index in [9.17, 15) is 13.2 Å². The molecule has 2 atom stereocenters. The topological polar surface area (TPSA) is 91.7 Å². The van der Waals surface area contributed by atoms with Crippen molar-refractivity contribution in [3.05, 3.63) is 17.4 Å². The van der Waals surface area contributed by atoms with Crippen LogP contribution in [0.1, 0.15) is 30.0 Å². The number of carbonyl (C=O) groups excluding carboxylic acids is 1. The first-order valence-electron chi connectivity index (χ1n) is 6.86. The van der Waals surface area contributed by atoms with E-state index < -0.39 is 10.0 Å². The van der Waals surface area contributed by atoms with E-state index in [1.54, 1.807) is 11.8 Å². The number of rotatable bonds is 3. The van der Waals surface area contributed by atoms with Gasteiger partial charge in [0.05, 0.1) is 5.56 Å². The molecule has 2 heterocycles. The van der Waals surface area contributed by atoms with Crippen LogP contribution >= 0.6 is 12.4 Å². The number of piperazine rings is 1. The Labute approximate surface area is 136 Å². The van der Waals surface area contributed by atoms with Gasteiger partial charge in [-0.05, 0) is 27.8 Å². The zero-order valence-electron chi connectivity index (χ0n) is 13.0. The van der Waals surface area contributed by atoms with Crippen molar-refractivity contribution < 1.29 is 17.6 Å². The van der Waals surface area contributed by atoms with Gasteiger partial charge in [0.15, 0.2) is 0 Å². The van der Waals surface area contributed by atoms with E-state index in [0.717, 1.165) is 6.54 Å². The third-order valence-corrected chi connectivity index (χ3v) is 5.22. The van der Waals surface area contributed by atoms with Gasteiger partial charge in [-0.1, -0.05) is 0 Å². The van der Waals surface area contributed by atoms with Crippen LogP contribution in [0.15, 0.2) is 15.6 Å². The molecular weight excluding hydrogens is 330 g/mol. The van der Waals surface area contributed by atoms with Gasteiger partial charge in [0.1, 0.15) is 5.76 Å². The molecule has 1 amide bonds. The lowest BCUT2D eigenvalue weighted by atomic mass is 10.1. The third kappa shape index (κ3) is 3.45. The number of carbonyl (C=O) groups is 1. The largest absolute Gasteiger partial charge is 0.448 e. The number of halogens is 1. The maximum absolute atomic E-state index is 12.6. The summed E-state index contributed by atoms with van der Waals surface area (Å²) in [4.78, 5) is 14.4. The van der Waals surface area contributed by atoms with E-state index in [1.807, 2.05) is 13.8 Å². The summed E-state index contributed by atoms with van der Waals surface area (Å²) >= 11 is 0. The molecule has 0 aliphatic carbocycles. The van der Waals surface area contributed by atoms with Gasteiger partial charge in [0.25, 0.3) is 15.9 Å². The molecular formula is C13H22ClN3O4S. The molecule has 2 N–H and O–H groups in total. The minimum absolute atomic E-state index is 0. The molecule has 9 heteroatoms. The van der Waals surface area contributed by atoms with Crippen molar-refractivity contribution >= 4 is 28.3 Å². The Morgan fingerprint density at radius 1 is 1.45 bits per heavy atom. The Kier molecular flexibility index (Phi) is 6.03. The van der Waals surface area contributed by atoms with Crippen LogP contribution < -0.4 is 10.0 Å². The van der Waals surface area contributed by atoms with Gasteiger partial charge < -0.3 is 14.6 Å². The molecule has 1 aliphatic rings. The summed E-state index contributed by atoms with van der Waals surface area (Å²) in [5.74, 6) is 0.113. The molecule has 126 valence electrons. The average Bonchev–Trinajstić information content (AvgIpc) is 2.84. The number of hydrogen-bond acceptors (Lipinski definition) is 5. The predicted molar refractivity (Wildman–Crippen MR) is 84.9 cm³/mol. The summed E-state index contributed by atoms with van der Waals surface area (Å²) in [6, 6.07) is 1.52. The quantitative estimate of drug-likeness (QED) is 0.838. The summed E-state index contributed by atoms with van der Waals surface area (Å²) in [5, 5.41) is 3.06. The third-order valence-electron chi connectivity index (χ3n) is 3.95. The van der Waals surface area contributed by atoms with E-state index in [1.165, 1.54) is 13.1 Å². The first kappa shape index (κ1) is 19.0. The maximum atomic E-state index is 12.6. The number of aryl methyl sites for hydroxylation is 1. The zero-order chi connectivity index (χ0) is 15.8. The number of hydrogen-bond donors (Lipinski definition) is 2. The van der Waals surface area contributed by atoms with E-state index in [0.29, 0.717) is 17.9 Å². The summed E-state index contributed by atoms with van der Waals surface area (Å²) in [5.41, 5.74) is 0.296. The number of sulfonamides is 1. The molecule has 1 aliphatic heterocycles. The van der Waals surface area contributed by atoms with Crippen LogP contribution in [0.5, 0.6) is 0 Å². The lowest BCUT2D eigenvalue weighted by Crippen LogP contribution is -2.57. The molecule has 1 aromatic heterocycles. The molecule has 1 saturated heterocycles. The monoisotopic (exact) mass is 351 g/mol. The lowest BCUT2D eigenvalue weighted by Gasteiger charge is -2.38. The second-order valence-electron chi connectivity index (χ2n) is 5.22. The van der Waals surface area contributed by atoms with Crippen LogP contribution in [-0.2, 0) is 10.0 Å². The highest BCUT2D eigenvalue weighted by atomic mass is 35.5. The SMILES string of the molecule is CNS(=O)(=O)c1cc(C(=O)N2CCNC(C)C2C)c(C)o1.Cl. The average molecular weight is 352 g/mol. The highest BCUT2D eigenvalue weighted by Gasteiger charge is 2.31. The molecule has 0 bridgehead atoms. The number of nitrogens with zero attached hydrogens (tertiary/aromatic N) is 1. The van der Waals surface area contributed by atoms with Crippen LogP contribution in [0.4, 0.5) is 0 Å². The van der Waals surface area contributed by atoms with Crippen LogP contribution in [0, 0.1) is 6.92 Å². The van der Waals surface area contributed by atoms with Crippen molar-refractivity contribution in [3.63, 3.8) is 0 Å². The minimum Gasteiger partial charge on any atom is -0.448 e. The first-order valence-corrected chi connectivity index (χ1v) is 8.34. The smallest absolute Gasteiger partial charge is 0.273 e. The van der Waals surface area contributed by atoms with Gasteiger partial charge in [-0.25, -0.2) is 13.1 Å². The molecule has 0 radical (unpaired) electrons. The molecule has 0 saturated carbocycles. The predicted octanol–water partition coefficient (Wildman–Crippen LogP) is 0.740. The Morgan fingerprint density at radius 3 is 2.68 bits per heavy atom. The maximum Gasteiger partial charge on any atom is 0.273 e. The fourth-order valence-electron chi connectivity index (χ4n) is 2.40. The highest BCUT2D eigenvalue weighted by Crippen LogP contribution is 2.22. The minimum atomic E-state index is -3.69. The first-order chi connectivity index (χ1) is 9.77. The fourth-order valence-corrected chi connectivity index (χ4v) is 3.11. The Hall–Kier alpha value is -1.09. The summed E-state index contributed by atoms with van der Waals surface area (Å²) in [6.07, 6.45) is 0. The van der Waals surface area contributed by atoms with Gasteiger partial charge in [-0.2, -0.15) is 0 Å². The normalized spacial score (nSPS) is 22.3. The highest BCUT2D eigenvalue weighted by molar-refractivity contribution is 7.89. The van der Waals surface area contributed by atoms with E-state index in [-0.39, 0.29) is 35.5 Å². The summed E-state index contributed by atoms with van der Waals surface area (Å²) < 4.78 is 30.9. The van der Waals surface area contributed by atoms with Crippen LogP contribution in [0.2, 0.25) is 0 Å².